The zero-order valence-corrected chi connectivity index (χ0v) is 10.5. The monoisotopic (exact) mass is 204 g/mol. The van der Waals surface area contributed by atoms with Gasteiger partial charge in [-0.25, -0.2) is 0 Å². The van der Waals surface area contributed by atoms with Crippen LogP contribution in [0, 0.1) is 22.7 Å². The van der Waals surface area contributed by atoms with Crippen LogP contribution in [0.15, 0.2) is 11.6 Å². The average Bonchev–Trinajstić information content (AvgIpc) is 2.19. The second-order valence-electron chi connectivity index (χ2n) is 6.69. The molecule has 0 aromatic heterocycles. The maximum Gasteiger partial charge on any atom is -0.00588 e. The van der Waals surface area contributed by atoms with E-state index in [2.05, 4.69) is 26.8 Å². The minimum atomic E-state index is 0.601. The first-order valence-corrected chi connectivity index (χ1v) is 6.77. The summed E-state index contributed by atoms with van der Waals surface area (Å²) in [6.07, 6.45) is 11.5. The largest absolute Gasteiger partial charge is 0.0785 e. The summed E-state index contributed by atoms with van der Waals surface area (Å²) in [7, 11) is 0. The number of allylic oxidation sites excluding steroid dienone is 2. The zero-order chi connectivity index (χ0) is 10.7. The van der Waals surface area contributed by atoms with Crippen molar-refractivity contribution >= 4 is 0 Å². The Labute approximate surface area is 94.1 Å². The van der Waals surface area contributed by atoms with Crippen molar-refractivity contribution in [2.24, 2.45) is 22.7 Å². The van der Waals surface area contributed by atoms with E-state index >= 15 is 0 Å². The summed E-state index contributed by atoms with van der Waals surface area (Å²) in [4.78, 5) is 0. The van der Waals surface area contributed by atoms with E-state index in [0.717, 1.165) is 11.8 Å². The van der Waals surface area contributed by atoms with Gasteiger partial charge in [0.15, 0.2) is 0 Å². The Kier molecular flexibility index (Phi) is 1.92. The van der Waals surface area contributed by atoms with Crippen LogP contribution in [0.5, 0.6) is 0 Å². The van der Waals surface area contributed by atoms with Gasteiger partial charge >= 0.3 is 0 Å². The SMILES string of the molecule is CC1=C[C@@]23CCC[C@@H](C)[C@]2(C)C[C@@H]1CC3. The Morgan fingerprint density at radius 2 is 2.07 bits per heavy atom. The molecule has 4 aliphatic carbocycles. The quantitative estimate of drug-likeness (QED) is 0.507. The molecule has 0 aliphatic heterocycles. The van der Waals surface area contributed by atoms with Crippen molar-refractivity contribution in [1.82, 2.24) is 0 Å². The van der Waals surface area contributed by atoms with Crippen LogP contribution >= 0.6 is 0 Å². The van der Waals surface area contributed by atoms with E-state index in [9.17, 15) is 0 Å². The molecule has 0 aromatic rings. The van der Waals surface area contributed by atoms with E-state index in [-0.39, 0.29) is 0 Å². The van der Waals surface area contributed by atoms with E-state index in [1.807, 2.05) is 0 Å². The van der Waals surface area contributed by atoms with E-state index in [1.54, 1.807) is 5.57 Å². The molecule has 2 saturated carbocycles. The normalized spacial score (nSPS) is 53.7. The highest BCUT2D eigenvalue weighted by atomic mass is 14.6. The second kappa shape index (κ2) is 2.90. The molecule has 4 aliphatic rings. The lowest BCUT2D eigenvalue weighted by Crippen LogP contribution is -2.53. The Hall–Kier alpha value is -0.260. The van der Waals surface area contributed by atoms with Crippen LogP contribution in [0.1, 0.15) is 59.3 Å². The molecule has 0 heteroatoms. The third kappa shape index (κ3) is 1.09. The molecule has 0 unspecified atom stereocenters. The number of rotatable bonds is 0. The highest BCUT2D eigenvalue weighted by Crippen LogP contribution is 2.66. The molecule has 0 nitrogen and oxygen atoms in total. The fourth-order valence-electron chi connectivity index (χ4n) is 4.93. The zero-order valence-electron chi connectivity index (χ0n) is 10.5. The van der Waals surface area contributed by atoms with Crippen molar-refractivity contribution in [3.8, 4) is 0 Å². The van der Waals surface area contributed by atoms with Gasteiger partial charge in [-0.1, -0.05) is 38.3 Å². The second-order valence-corrected chi connectivity index (χ2v) is 6.69. The number of fused-ring (bicyclic) bond motifs is 1. The van der Waals surface area contributed by atoms with E-state index in [0.29, 0.717) is 10.8 Å². The van der Waals surface area contributed by atoms with Crippen LogP contribution < -0.4 is 0 Å². The van der Waals surface area contributed by atoms with Gasteiger partial charge in [-0.05, 0) is 55.3 Å². The first-order valence-electron chi connectivity index (χ1n) is 6.77. The predicted octanol–water partition coefficient (Wildman–Crippen LogP) is 4.56. The summed E-state index contributed by atoms with van der Waals surface area (Å²) in [5.41, 5.74) is 2.95. The maximum atomic E-state index is 2.69. The Bertz CT molecular complexity index is 314. The molecular weight excluding hydrogens is 180 g/mol. The van der Waals surface area contributed by atoms with Crippen molar-refractivity contribution in [2.75, 3.05) is 0 Å². The van der Waals surface area contributed by atoms with Gasteiger partial charge in [-0.3, -0.25) is 0 Å². The van der Waals surface area contributed by atoms with E-state index in [1.165, 1.54) is 38.5 Å². The van der Waals surface area contributed by atoms with Crippen molar-refractivity contribution < 1.29 is 0 Å². The molecule has 15 heavy (non-hydrogen) atoms. The third-order valence-corrected chi connectivity index (χ3v) is 6.24. The van der Waals surface area contributed by atoms with Gasteiger partial charge in [0, 0.05) is 0 Å². The number of hydrogen-bond acceptors (Lipinski definition) is 0. The molecule has 0 N–H and O–H groups in total. The van der Waals surface area contributed by atoms with Gasteiger partial charge in [-0.2, -0.15) is 0 Å². The van der Waals surface area contributed by atoms with Gasteiger partial charge in [0.25, 0.3) is 0 Å². The van der Waals surface area contributed by atoms with Gasteiger partial charge in [0.2, 0.25) is 0 Å². The van der Waals surface area contributed by atoms with E-state index in [4.69, 9.17) is 0 Å². The highest BCUT2D eigenvalue weighted by molar-refractivity contribution is 5.26. The Morgan fingerprint density at radius 1 is 1.27 bits per heavy atom. The minimum absolute atomic E-state index is 0.601. The first kappa shape index (κ1) is 9.93. The Balaban J connectivity index is 2.09. The van der Waals surface area contributed by atoms with Crippen molar-refractivity contribution in [3.63, 3.8) is 0 Å². The maximum absolute atomic E-state index is 2.69. The summed E-state index contributed by atoms with van der Waals surface area (Å²) in [6, 6.07) is 0. The third-order valence-electron chi connectivity index (χ3n) is 6.24. The van der Waals surface area contributed by atoms with Crippen LogP contribution in [0.3, 0.4) is 0 Å². The van der Waals surface area contributed by atoms with Crippen LogP contribution in [0.4, 0.5) is 0 Å². The topological polar surface area (TPSA) is 0 Å². The molecule has 84 valence electrons. The fraction of sp³-hybridized carbons (Fsp3) is 0.867. The summed E-state index contributed by atoms with van der Waals surface area (Å²) in [6.45, 7) is 7.47. The van der Waals surface area contributed by atoms with Crippen LogP contribution in [0.25, 0.3) is 0 Å². The van der Waals surface area contributed by atoms with Gasteiger partial charge in [0.1, 0.15) is 0 Å². The molecule has 0 saturated heterocycles. The van der Waals surface area contributed by atoms with Crippen LogP contribution in [0.2, 0.25) is 0 Å². The molecule has 1 spiro atoms. The first-order chi connectivity index (χ1) is 7.07. The van der Waals surface area contributed by atoms with Gasteiger partial charge < -0.3 is 0 Å². The highest BCUT2D eigenvalue weighted by Gasteiger charge is 2.57. The lowest BCUT2D eigenvalue weighted by molar-refractivity contribution is -0.0732. The molecule has 4 rings (SSSR count). The summed E-state index contributed by atoms with van der Waals surface area (Å²) < 4.78 is 0. The molecule has 2 fully saturated rings. The minimum Gasteiger partial charge on any atom is -0.0785 e. The van der Waals surface area contributed by atoms with Crippen molar-refractivity contribution in [3.05, 3.63) is 11.6 Å². The summed E-state index contributed by atoms with van der Waals surface area (Å²) in [5, 5.41) is 0. The lowest BCUT2D eigenvalue weighted by Gasteiger charge is -2.62. The molecule has 2 bridgehead atoms. The van der Waals surface area contributed by atoms with Crippen molar-refractivity contribution in [2.45, 2.75) is 59.3 Å². The van der Waals surface area contributed by atoms with Crippen LogP contribution in [-0.2, 0) is 0 Å². The molecule has 0 radical (unpaired) electrons. The average molecular weight is 204 g/mol. The summed E-state index contributed by atoms with van der Waals surface area (Å²) in [5.74, 6) is 1.87. The predicted molar refractivity (Wildman–Crippen MR) is 64.7 cm³/mol. The standard InChI is InChI=1S/C15H24/c1-11-9-15-7-4-5-12(2)14(15,3)10-13(11)6-8-15/h9,12-13H,4-8,10H2,1-3H3/t12-,13+,14+,15+/m1/s1. The van der Waals surface area contributed by atoms with Crippen molar-refractivity contribution in [1.29, 1.82) is 0 Å². The molecule has 0 amide bonds. The number of hydrogen-bond donors (Lipinski definition) is 0. The van der Waals surface area contributed by atoms with E-state index < -0.39 is 0 Å². The smallest absolute Gasteiger partial charge is 0.00588 e. The Morgan fingerprint density at radius 3 is 2.80 bits per heavy atom. The fourth-order valence-corrected chi connectivity index (χ4v) is 4.93. The molecular formula is C15H24. The summed E-state index contributed by atoms with van der Waals surface area (Å²) >= 11 is 0. The van der Waals surface area contributed by atoms with Gasteiger partial charge in [0.05, 0.1) is 0 Å². The van der Waals surface area contributed by atoms with Gasteiger partial charge in [-0.15, -0.1) is 0 Å². The molecule has 0 heterocycles. The van der Waals surface area contributed by atoms with Crippen LogP contribution in [-0.4, -0.2) is 0 Å². The lowest BCUT2D eigenvalue weighted by atomic mass is 9.42. The molecule has 0 aromatic carbocycles. The molecule has 4 atom stereocenters.